The van der Waals surface area contributed by atoms with Gasteiger partial charge in [-0.1, -0.05) is 36.4 Å². The van der Waals surface area contributed by atoms with E-state index in [2.05, 4.69) is 72.0 Å². The molecule has 2 fully saturated rings. The van der Waals surface area contributed by atoms with Crippen LogP contribution in [-0.2, 0) is 11.3 Å². The van der Waals surface area contributed by atoms with Crippen LogP contribution < -0.4 is 15.5 Å². The van der Waals surface area contributed by atoms with Crippen LogP contribution in [0.4, 0.5) is 17.3 Å². The smallest absolute Gasteiger partial charge is 0.223 e. The van der Waals surface area contributed by atoms with Gasteiger partial charge < -0.3 is 15.5 Å². The fraction of sp³-hybridized carbons (Fsp3) is 0.355. The largest absolute Gasteiger partial charge is 0.355 e. The number of nitrogens with one attached hydrogen (secondary N) is 2. The third-order valence-corrected chi connectivity index (χ3v) is 7.90. The van der Waals surface area contributed by atoms with Gasteiger partial charge in [0.15, 0.2) is 11.6 Å². The van der Waals surface area contributed by atoms with E-state index < -0.39 is 0 Å². The quantitative estimate of drug-likeness (QED) is 0.362. The van der Waals surface area contributed by atoms with Crippen LogP contribution in [0.1, 0.15) is 31.2 Å². The number of hydrogen-bond donors (Lipinski definition) is 2. The standard InChI is InChI=1S/C31H35N7O/c39-31(34-26-14-17-37(18-15-26)22-23-5-2-1-3-6-23)24-12-19-38(20-13-24)30-11-10-29(35-36-30)33-27-8-9-28-25(21-27)7-4-16-32-28/h1-11,16,21,24,26H,12-15,17-20,22H2,(H,33,35)(H,34,39). The van der Waals surface area contributed by atoms with Crippen LogP contribution in [-0.4, -0.2) is 58.2 Å². The van der Waals surface area contributed by atoms with Crippen molar-refractivity contribution in [3.63, 3.8) is 0 Å². The molecule has 4 heterocycles. The predicted octanol–water partition coefficient (Wildman–Crippen LogP) is 4.77. The summed E-state index contributed by atoms with van der Waals surface area (Å²) < 4.78 is 0. The van der Waals surface area contributed by atoms with Crippen LogP contribution in [0.5, 0.6) is 0 Å². The van der Waals surface area contributed by atoms with Gasteiger partial charge in [0.25, 0.3) is 0 Å². The third-order valence-electron chi connectivity index (χ3n) is 7.90. The molecule has 2 aromatic heterocycles. The third kappa shape index (κ3) is 6.34. The van der Waals surface area contributed by atoms with E-state index in [0.717, 1.165) is 80.8 Å². The van der Waals surface area contributed by atoms with E-state index in [-0.39, 0.29) is 17.9 Å². The second-order valence-electron chi connectivity index (χ2n) is 10.6. The van der Waals surface area contributed by atoms with E-state index in [4.69, 9.17) is 0 Å². The van der Waals surface area contributed by atoms with Gasteiger partial charge in [-0.2, -0.15) is 0 Å². The van der Waals surface area contributed by atoms with Gasteiger partial charge in [-0.05, 0) is 67.6 Å². The van der Waals surface area contributed by atoms with E-state index in [1.54, 1.807) is 6.20 Å². The first kappa shape index (κ1) is 25.2. The fourth-order valence-corrected chi connectivity index (χ4v) is 5.63. The maximum absolute atomic E-state index is 13.0. The molecule has 2 aliphatic rings. The van der Waals surface area contributed by atoms with Gasteiger partial charge in [0.1, 0.15) is 0 Å². The number of nitrogens with zero attached hydrogens (tertiary/aromatic N) is 5. The highest BCUT2D eigenvalue weighted by molar-refractivity contribution is 5.83. The van der Waals surface area contributed by atoms with Crippen LogP contribution in [0.25, 0.3) is 10.9 Å². The number of anilines is 3. The Morgan fingerprint density at radius 1 is 0.846 bits per heavy atom. The molecule has 200 valence electrons. The Labute approximate surface area is 229 Å². The van der Waals surface area contributed by atoms with Crippen molar-refractivity contribution in [1.82, 2.24) is 25.4 Å². The molecule has 6 rings (SSSR count). The van der Waals surface area contributed by atoms with Gasteiger partial charge in [-0.3, -0.25) is 14.7 Å². The molecule has 0 bridgehead atoms. The Hall–Kier alpha value is -4.04. The molecule has 8 nitrogen and oxygen atoms in total. The summed E-state index contributed by atoms with van der Waals surface area (Å²) in [5, 5.41) is 16.6. The van der Waals surface area contributed by atoms with Crippen LogP contribution in [0.15, 0.2) is 79.0 Å². The summed E-state index contributed by atoms with van der Waals surface area (Å²) >= 11 is 0. The molecule has 0 aliphatic carbocycles. The van der Waals surface area contributed by atoms with Crippen molar-refractivity contribution >= 4 is 34.1 Å². The summed E-state index contributed by atoms with van der Waals surface area (Å²) in [5.74, 6) is 1.84. The predicted molar refractivity (Wildman–Crippen MR) is 155 cm³/mol. The Morgan fingerprint density at radius 2 is 1.67 bits per heavy atom. The number of carbonyl (C=O) groups excluding carboxylic acids is 1. The lowest BCUT2D eigenvalue weighted by Gasteiger charge is -2.35. The van der Waals surface area contributed by atoms with Gasteiger partial charge in [0.2, 0.25) is 5.91 Å². The minimum Gasteiger partial charge on any atom is -0.355 e. The van der Waals surface area contributed by atoms with Crippen molar-refractivity contribution in [3.05, 3.63) is 84.6 Å². The first-order valence-corrected chi connectivity index (χ1v) is 14.0. The van der Waals surface area contributed by atoms with E-state index in [1.165, 1.54) is 5.56 Å². The van der Waals surface area contributed by atoms with Gasteiger partial charge in [-0.25, -0.2) is 0 Å². The number of pyridine rings is 1. The number of fused-ring (bicyclic) bond motifs is 1. The van der Waals surface area contributed by atoms with Crippen LogP contribution >= 0.6 is 0 Å². The zero-order chi connectivity index (χ0) is 26.4. The lowest BCUT2D eigenvalue weighted by atomic mass is 9.94. The lowest BCUT2D eigenvalue weighted by Crippen LogP contribution is -2.48. The minimum absolute atomic E-state index is 0.0693. The number of likely N-dealkylation sites (tertiary alicyclic amines) is 1. The molecule has 2 N–H and O–H groups in total. The number of piperidine rings is 2. The van der Waals surface area contributed by atoms with E-state index in [1.807, 2.05) is 36.4 Å². The second-order valence-corrected chi connectivity index (χ2v) is 10.6. The molecule has 2 aromatic carbocycles. The number of rotatable bonds is 7. The van der Waals surface area contributed by atoms with Gasteiger partial charge in [-0.15, -0.1) is 10.2 Å². The van der Waals surface area contributed by atoms with Gasteiger partial charge >= 0.3 is 0 Å². The zero-order valence-electron chi connectivity index (χ0n) is 22.2. The van der Waals surface area contributed by atoms with Crippen LogP contribution in [0.3, 0.4) is 0 Å². The summed E-state index contributed by atoms with van der Waals surface area (Å²) in [4.78, 5) is 22.1. The monoisotopic (exact) mass is 521 g/mol. The lowest BCUT2D eigenvalue weighted by molar-refractivity contribution is -0.126. The molecule has 1 amide bonds. The minimum atomic E-state index is 0.0693. The molecular formula is C31H35N7O. The molecule has 0 spiro atoms. The number of hydrogen-bond acceptors (Lipinski definition) is 7. The molecule has 2 aliphatic heterocycles. The molecule has 0 unspecified atom stereocenters. The molecule has 0 atom stereocenters. The number of benzene rings is 2. The Bertz CT molecular complexity index is 1380. The van der Waals surface area contributed by atoms with Crippen LogP contribution in [0.2, 0.25) is 0 Å². The molecule has 4 aromatic rings. The molecule has 2 saturated heterocycles. The first-order chi connectivity index (χ1) is 19.2. The highest BCUT2D eigenvalue weighted by Crippen LogP contribution is 2.25. The van der Waals surface area contributed by atoms with Crippen molar-refractivity contribution in [3.8, 4) is 0 Å². The summed E-state index contributed by atoms with van der Waals surface area (Å²) in [7, 11) is 0. The fourth-order valence-electron chi connectivity index (χ4n) is 5.63. The SMILES string of the molecule is O=C(NC1CCN(Cc2ccccc2)CC1)C1CCN(c2ccc(Nc3ccc4ncccc4c3)nn2)CC1. The number of aromatic nitrogens is 3. The van der Waals surface area contributed by atoms with Crippen molar-refractivity contribution in [2.45, 2.75) is 38.3 Å². The Balaban J connectivity index is 0.948. The average Bonchev–Trinajstić information content (AvgIpc) is 2.99. The molecule has 39 heavy (non-hydrogen) atoms. The van der Waals surface area contributed by atoms with Crippen LogP contribution in [0, 0.1) is 5.92 Å². The summed E-state index contributed by atoms with van der Waals surface area (Å²) in [6, 6.07) is 24.9. The number of amides is 1. The average molecular weight is 522 g/mol. The summed E-state index contributed by atoms with van der Waals surface area (Å²) in [5.41, 5.74) is 3.27. The maximum atomic E-state index is 13.0. The first-order valence-electron chi connectivity index (χ1n) is 14.0. The highest BCUT2D eigenvalue weighted by Gasteiger charge is 2.28. The van der Waals surface area contributed by atoms with Gasteiger partial charge in [0, 0.05) is 62.0 Å². The van der Waals surface area contributed by atoms with E-state index in [0.29, 0.717) is 5.82 Å². The molecular weight excluding hydrogens is 486 g/mol. The Morgan fingerprint density at radius 3 is 2.44 bits per heavy atom. The zero-order valence-corrected chi connectivity index (χ0v) is 22.2. The van der Waals surface area contributed by atoms with Crippen molar-refractivity contribution in [1.29, 1.82) is 0 Å². The highest BCUT2D eigenvalue weighted by atomic mass is 16.2. The molecule has 8 heteroatoms. The van der Waals surface area contributed by atoms with E-state index >= 15 is 0 Å². The van der Waals surface area contributed by atoms with E-state index in [9.17, 15) is 4.79 Å². The van der Waals surface area contributed by atoms with Crippen molar-refractivity contribution in [2.24, 2.45) is 5.92 Å². The normalized spacial score (nSPS) is 17.3. The Kier molecular flexibility index (Phi) is 7.63. The second kappa shape index (κ2) is 11.8. The maximum Gasteiger partial charge on any atom is 0.223 e. The molecule has 0 radical (unpaired) electrons. The van der Waals surface area contributed by atoms with Crippen molar-refractivity contribution < 1.29 is 4.79 Å². The summed E-state index contributed by atoms with van der Waals surface area (Å²) in [6.07, 6.45) is 5.51. The summed E-state index contributed by atoms with van der Waals surface area (Å²) in [6.45, 7) is 4.67. The number of carbonyl (C=O) groups is 1. The molecule has 0 saturated carbocycles. The topological polar surface area (TPSA) is 86.3 Å². The van der Waals surface area contributed by atoms with Gasteiger partial charge in [0.05, 0.1) is 5.52 Å². The van der Waals surface area contributed by atoms with Crippen molar-refractivity contribution in [2.75, 3.05) is 36.4 Å².